The van der Waals surface area contributed by atoms with E-state index < -0.39 is 0 Å². The third-order valence-corrected chi connectivity index (χ3v) is 5.70. The minimum Gasteiger partial charge on any atom is -0.370 e. The Morgan fingerprint density at radius 3 is 2.82 bits per heavy atom. The SMILES string of the molecule is CC(C)NC(=O)CSc1nc2ccccc2c(=O)n1CCC[NH+]1CCOCC1. The number of benzene rings is 1. The summed E-state index contributed by atoms with van der Waals surface area (Å²) in [5.41, 5.74) is 0.642. The van der Waals surface area contributed by atoms with Crippen LogP contribution in [0.4, 0.5) is 0 Å². The van der Waals surface area contributed by atoms with E-state index in [1.165, 1.54) is 16.7 Å². The molecule has 3 rings (SSSR count). The van der Waals surface area contributed by atoms with Gasteiger partial charge in [-0.1, -0.05) is 23.9 Å². The molecule has 0 unspecified atom stereocenters. The first-order valence-electron chi connectivity index (χ1n) is 9.87. The summed E-state index contributed by atoms with van der Waals surface area (Å²) in [5, 5.41) is 4.11. The summed E-state index contributed by atoms with van der Waals surface area (Å²) in [4.78, 5) is 31.3. The molecule has 2 N–H and O–H groups in total. The van der Waals surface area contributed by atoms with Crippen LogP contribution in [-0.4, -0.2) is 60.1 Å². The van der Waals surface area contributed by atoms with Gasteiger partial charge in [-0.2, -0.15) is 0 Å². The summed E-state index contributed by atoms with van der Waals surface area (Å²) in [6.45, 7) is 9.11. The first-order valence-corrected chi connectivity index (χ1v) is 10.9. The molecule has 0 spiro atoms. The molecule has 2 aromatic rings. The van der Waals surface area contributed by atoms with Gasteiger partial charge in [0.15, 0.2) is 5.16 Å². The van der Waals surface area contributed by atoms with E-state index >= 15 is 0 Å². The Morgan fingerprint density at radius 2 is 2.07 bits per heavy atom. The number of nitrogens with one attached hydrogen (secondary N) is 2. The summed E-state index contributed by atoms with van der Waals surface area (Å²) in [6, 6.07) is 7.49. The second-order valence-corrected chi connectivity index (χ2v) is 8.29. The molecule has 28 heavy (non-hydrogen) atoms. The number of hydrogen-bond acceptors (Lipinski definition) is 5. The van der Waals surface area contributed by atoms with Crippen molar-refractivity contribution in [1.82, 2.24) is 14.9 Å². The molecule has 0 aliphatic carbocycles. The van der Waals surface area contributed by atoms with Gasteiger partial charge in [-0.05, 0) is 26.0 Å². The fourth-order valence-electron chi connectivity index (χ4n) is 3.35. The van der Waals surface area contributed by atoms with Crippen molar-refractivity contribution >= 4 is 28.6 Å². The summed E-state index contributed by atoms with van der Waals surface area (Å²) >= 11 is 1.33. The minimum absolute atomic E-state index is 0.0330. The zero-order valence-electron chi connectivity index (χ0n) is 16.6. The van der Waals surface area contributed by atoms with Crippen molar-refractivity contribution in [3.63, 3.8) is 0 Å². The van der Waals surface area contributed by atoms with Crippen LogP contribution in [0, 0.1) is 0 Å². The van der Waals surface area contributed by atoms with Crippen LogP contribution in [0.5, 0.6) is 0 Å². The predicted molar refractivity (Wildman–Crippen MR) is 111 cm³/mol. The molecule has 1 amide bonds. The van der Waals surface area contributed by atoms with Gasteiger partial charge in [-0.3, -0.25) is 14.2 Å². The third-order valence-electron chi connectivity index (χ3n) is 4.72. The number of quaternary nitrogens is 1. The zero-order chi connectivity index (χ0) is 19.9. The number of amides is 1. The van der Waals surface area contributed by atoms with Crippen LogP contribution in [0.25, 0.3) is 10.9 Å². The van der Waals surface area contributed by atoms with Crippen LogP contribution in [0.1, 0.15) is 20.3 Å². The first-order chi connectivity index (χ1) is 13.5. The summed E-state index contributed by atoms with van der Waals surface area (Å²) in [6.07, 6.45) is 0.890. The van der Waals surface area contributed by atoms with Gasteiger partial charge in [-0.25, -0.2) is 4.98 Å². The maximum atomic E-state index is 13.0. The fourth-order valence-corrected chi connectivity index (χ4v) is 4.18. The van der Waals surface area contributed by atoms with Gasteiger partial charge < -0.3 is 15.0 Å². The van der Waals surface area contributed by atoms with Crippen LogP contribution >= 0.6 is 11.8 Å². The standard InChI is InChI=1S/C20H28N4O3S/c1-15(2)21-18(25)14-28-20-22-17-7-4-3-6-16(17)19(26)24(20)9-5-8-23-10-12-27-13-11-23/h3-4,6-7,15H,5,8-14H2,1-2H3,(H,21,25)/p+1. The molecule has 152 valence electrons. The van der Waals surface area contributed by atoms with Gasteiger partial charge in [0.25, 0.3) is 5.56 Å². The topological polar surface area (TPSA) is 77.7 Å². The smallest absolute Gasteiger partial charge is 0.262 e. The number of nitrogens with zero attached hydrogens (tertiary/aromatic N) is 2. The van der Waals surface area contributed by atoms with Crippen molar-refractivity contribution in [1.29, 1.82) is 0 Å². The van der Waals surface area contributed by atoms with E-state index in [1.54, 1.807) is 4.57 Å². The van der Waals surface area contributed by atoms with E-state index in [1.807, 2.05) is 38.1 Å². The molecule has 2 heterocycles. The Kier molecular flexibility index (Phi) is 7.47. The number of fused-ring (bicyclic) bond motifs is 1. The molecule has 0 radical (unpaired) electrons. The Bertz CT molecular complexity index is 862. The molecule has 0 atom stereocenters. The summed E-state index contributed by atoms with van der Waals surface area (Å²) < 4.78 is 7.14. The number of rotatable bonds is 8. The van der Waals surface area contributed by atoms with Gasteiger partial charge in [-0.15, -0.1) is 0 Å². The second-order valence-electron chi connectivity index (χ2n) is 7.35. The maximum absolute atomic E-state index is 13.0. The van der Waals surface area contributed by atoms with Gasteiger partial charge in [0.05, 0.1) is 36.4 Å². The van der Waals surface area contributed by atoms with Crippen LogP contribution in [-0.2, 0) is 16.1 Å². The zero-order valence-corrected chi connectivity index (χ0v) is 17.4. The number of ether oxygens (including phenoxy) is 1. The molecule has 1 aromatic heterocycles. The van der Waals surface area contributed by atoms with Crippen LogP contribution in [0.15, 0.2) is 34.2 Å². The lowest BCUT2D eigenvalue weighted by Crippen LogP contribution is -3.14. The fraction of sp³-hybridized carbons (Fsp3) is 0.550. The minimum atomic E-state index is -0.0493. The third kappa shape index (κ3) is 5.56. The number of aromatic nitrogens is 2. The number of carbonyl (C=O) groups is 1. The van der Waals surface area contributed by atoms with Gasteiger partial charge >= 0.3 is 0 Å². The highest BCUT2D eigenvalue weighted by Crippen LogP contribution is 2.18. The number of thioether (sulfide) groups is 1. The predicted octanol–water partition coefficient (Wildman–Crippen LogP) is 0.318. The van der Waals surface area contributed by atoms with Crippen LogP contribution < -0.4 is 15.8 Å². The average molecular weight is 406 g/mol. The molecule has 8 heteroatoms. The highest BCUT2D eigenvalue weighted by atomic mass is 32.2. The van der Waals surface area contributed by atoms with E-state index in [-0.39, 0.29) is 23.3 Å². The molecular weight excluding hydrogens is 376 g/mol. The van der Waals surface area contributed by atoms with Crippen molar-refractivity contribution in [2.75, 3.05) is 38.6 Å². The average Bonchev–Trinajstić information content (AvgIpc) is 2.68. The lowest BCUT2D eigenvalue weighted by molar-refractivity contribution is -0.908. The quantitative estimate of drug-likeness (QED) is 0.489. The van der Waals surface area contributed by atoms with Gasteiger partial charge in [0.1, 0.15) is 13.1 Å². The lowest BCUT2D eigenvalue weighted by Gasteiger charge is -2.24. The second kappa shape index (κ2) is 10.0. The molecule has 1 saturated heterocycles. The molecular formula is C20H29N4O3S+. The Morgan fingerprint density at radius 1 is 1.32 bits per heavy atom. The van der Waals surface area contributed by atoms with Crippen molar-refractivity contribution in [3.05, 3.63) is 34.6 Å². The molecule has 1 aromatic carbocycles. The molecule has 7 nitrogen and oxygen atoms in total. The monoisotopic (exact) mass is 405 g/mol. The van der Waals surface area contributed by atoms with E-state index in [2.05, 4.69) is 10.3 Å². The highest BCUT2D eigenvalue weighted by molar-refractivity contribution is 7.99. The number of carbonyl (C=O) groups excluding carboxylic acids is 1. The lowest BCUT2D eigenvalue weighted by atomic mass is 10.2. The highest BCUT2D eigenvalue weighted by Gasteiger charge is 2.16. The molecule has 1 aliphatic heterocycles. The number of hydrogen-bond donors (Lipinski definition) is 2. The maximum Gasteiger partial charge on any atom is 0.262 e. The molecule has 1 fully saturated rings. The summed E-state index contributed by atoms with van der Waals surface area (Å²) in [7, 11) is 0. The van der Waals surface area contributed by atoms with Crippen molar-refractivity contribution in [2.45, 2.75) is 38.0 Å². The van der Waals surface area contributed by atoms with Crippen LogP contribution in [0.3, 0.4) is 0 Å². The van der Waals surface area contributed by atoms with E-state index in [0.717, 1.165) is 39.3 Å². The number of para-hydroxylation sites is 1. The van der Waals surface area contributed by atoms with Crippen LogP contribution in [0.2, 0.25) is 0 Å². The van der Waals surface area contributed by atoms with E-state index in [4.69, 9.17) is 4.74 Å². The van der Waals surface area contributed by atoms with E-state index in [0.29, 0.717) is 22.6 Å². The Labute approximate surface area is 169 Å². The van der Waals surface area contributed by atoms with Crippen molar-refractivity contribution in [2.24, 2.45) is 0 Å². The first kappa shape index (κ1) is 20.8. The Balaban J connectivity index is 1.75. The number of morpholine rings is 1. The van der Waals surface area contributed by atoms with E-state index in [9.17, 15) is 9.59 Å². The molecule has 1 aliphatic rings. The molecule has 0 bridgehead atoms. The molecule has 0 saturated carbocycles. The van der Waals surface area contributed by atoms with Gasteiger partial charge in [0.2, 0.25) is 5.91 Å². The summed E-state index contributed by atoms with van der Waals surface area (Å²) in [5.74, 6) is 0.198. The Hall–Kier alpha value is -1.90. The van der Waals surface area contributed by atoms with Crippen molar-refractivity contribution < 1.29 is 14.4 Å². The largest absolute Gasteiger partial charge is 0.370 e. The normalized spacial score (nSPS) is 15.2. The van der Waals surface area contributed by atoms with Gasteiger partial charge in [0, 0.05) is 19.0 Å². The van der Waals surface area contributed by atoms with Crippen molar-refractivity contribution in [3.8, 4) is 0 Å².